The predicted octanol–water partition coefficient (Wildman–Crippen LogP) is 2.87. The molecule has 2 rings (SSSR count). The van der Waals surface area contributed by atoms with Crippen molar-refractivity contribution in [2.24, 2.45) is 10.9 Å². The first kappa shape index (κ1) is 24.9. The minimum Gasteiger partial charge on any atom is -0.379 e. The monoisotopic (exact) mass is 496 g/mol. The molecule has 0 radical (unpaired) electrons. The molecule has 2 fully saturated rings. The maximum absolute atomic E-state index is 5.88. The summed E-state index contributed by atoms with van der Waals surface area (Å²) < 4.78 is 11.4. The molecule has 0 aliphatic carbocycles. The lowest BCUT2D eigenvalue weighted by Crippen LogP contribution is -2.53. The molecule has 0 amide bonds. The number of nitrogens with zero attached hydrogens (tertiary/aromatic N) is 2. The summed E-state index contributed by atoms with van der Waals surface area (Å²) >= 11 is 0. The van der Waals surface area contributed by atoms with Crippen LogP contribution in [0.4, 0.5) is 0 Å². The Morgan fingerprint density at radius 1 is 1.11 bits per heavy atom. The number of ether oxygens (including phenoxy) is 2. The van der Waals surface area contributed by atoms with Gasteiger partial charge in [0, 0.05) is 38.8 Å². The fourth-order valence-electron chi connectivity index (χ4n) is 4.09. The molecule has 2 unspecified atom stereocenters. The second-order valence-electron chi connectivity index (χ2n) is 7.77. The molecule has 0 bridgehead atoms. The summed E-state index contributed by atoms with van der Waals surface area (Å²) in [4.78, 5) is 7.42. The van der Waals surface area contributed by atoms with Crippen LogP contribution in [0.2, 0.25) is 0 Å². The normalized spacial score (nSPS) is 25.3. The summed E-state index contributed by atoms with van der Waals surface area (Å²) in [5.74, 6) is 1.60. The highest BCUT2D eigenvalue weighted by Gasteiger charge is 2.30. The number of halogens is 1. The topological polar surface area (TPSA) is 58.1 Å². The van der Waals surface area contributed by atoms with E-state index >= 15 is 0 Å². The zero-order chi connectivity index (χ0) is 18.8. The van der Waals surface area contributed by atoms with Crippen molar-refractivity contribution in [2.75, 3.05) is 52.5 Å². The largest absolute Gasteiger partial charge is 0.379 e. The van der Waals surface area contributed by atoms with Crippen molar-refractivity contribution in [3.8, 4) is 0 Å². The van der Waals surface area contributed by atoms with Crippen LogP contribution in [0.3, 0.4) is 0 Å². The lowest BCUT2D eigenvalue weighted by Gasteiger charge is -2.39. The Balaban J connectivity index is 0.00000364. The third-order valence-electron chi connectivity index (χ3n) is 5.80. The highest BCUT2D eigenvalue weighted by atomic mass is 127. The molecule has 2 saturated heterocycles. The van der Waals surface area contributed by atoms with Crippen LogP contribution in [0.5, 0.6) is 0 Å². The van der Waals surface area contributed by atoms with Gasteiger partial charge in [-0.1, -0.05) is 26.7 Å². The summed E-state index contributed by atoms with van der Waals surface area (Å²) in [7, 11) is 0. The Kier molecular flexibility index (Phi) is 12.2. The van der Waals surface area contributed by atoms with Gasteiger partial charge in [0.2, 0.25) is 0 Å². The number of aliphatic imine (C=N–C) groups is 1. The molecule has 0 saturated carbocycles. The maximum Gasteiger partial charge on any atom is 0.191 e. The summed E-state index contributed by atoms with van der Waals surface area (Å²) in [6.07, 6.45) is 4.66. The van der Waals surface area contributed by atoms with E-state index in [1.165, 1.54) is 12.8 Å². The first-order valence-corrected chi connectivity index (χ1v) is 10.6. The van der Waals surface area contributed by atoms with Crippen LogP contribution in [0, 0.1) is 5.92 Å². The number of hydrogen-bond donors (Lipinski definition) is 2. The Labute approximate surface area is 183 Å². The van der Waals surface area contributed by atoms with Crippen molar-refractivity contribution < 1.29 is 9.47 Å². The van der Waals surface area contributed by atoms with Crippen LogP contribution in [-0.4, -0.2) is 75.0 Å². The van der Waals surface area contributed by atoms with Crippen molar-refractivity contribution >= 4 is 29.9 Å². The zero-order valence-corrected chi connectivity index (χ0v) is 20.1. The summed E-state index contributed by atoms with van der Waals surface area (Å²) in [6.45, 7) is 16.0. The van der Waals surface area contributed by atoms with Gasteiger partial charge in [0.1, 0.15) is 0 Å². The van der Waals surface area contributed by atoms with Gasteiger partial charge >= 0.3 is 0 Å². The molecule has 0 aromatic rings. The Morgan fingerprint density at radius 3 is 2.37 bits per heavy atom. The quantitative estimate of drug-likeness (QED) is 0.292. The molecule has 7 heteroatoms. The Morgan fingerprint density at radius 2 is 1.81 bits per heavy atom. The lowest BCUT2D eigenvalue weighted by molar-refractivity contribution is 0.00268. The van der Waals surface area contributed by atoms with Gasteiger partial charge in [-0.05, 0) is 32.6 Å². The minimum absolute atomic E-state index is 0. The van der Waals surface area contributed by atoms with Gasteiger partial charge in [-0.2, -0.15) is 0 Å². The van der Waals surface area contributed by atoms with E-state index in [1.807, 2.05) is 0 Å². The van der Waals surface area contributed by atoms with Gasteiger partial charge in [0.15, 0.2) is 5.96 Å². The smallest absolute Gasteiger partial charge is 0.191 e. The van der Waals surface area contributed by atoms with Crippen molar-refractivity contribution in [1.29, 1.82) is 0 Å². The molecule has 27 heavy (non-hydrogen) atoms. The van der Waals surface area contributed by atoms with E-state index in [4.69, 9.17) is 14.5 Å². The zero-order valence-electron chi connectivity index (χ0n) is 17.8. The third kappa shape index (κ3) is 8.03. The van der Waals surface area contributed by atoms with E-state index in [2.05, 4.69) is 43.2 Å². The average molecular weight is 496 g/mol. The van der Waals surface area contributed by atoms with Crippen LogP contribution in [0.25, 0.3) is 0 Å². The highest BCUT2D eigenvalue weighted by molar-refractivity contribution is 14.0. The van der Waals surface area contributed by atoms with Crippen LogP contribution in [-0.2, 0) is 9.47 Å². The first-order chi connectivity index (χ1) is 12.6. The third-order valence-corrected chi connectivity index (χ3v) is 5.80. The lowest BCUT2D eigenvalue weighted by atomic mass is 9.92. The van der Waals surface area contributed by atoms with E-state index in [1.54, 1.807) is 0 Å². The van der Waals surface area contributed by atoms with E-state index in [-0.39, 0.29) is 29.6 Å². The average Bonchev–Trinajstić information content (AvgIpc) is 3.10. The van der Waals surface area contributed by atoms with Gasteiger partial charge in [-0.15, -0.1) is 24.0 Å². The standard InChI is InChI=1S/C20H40N4O2.HI/c1-5-17(6-2)18(24-10-13-25-14-11-24)15-22-19(21-7-3)23-16-20(4)9-8-12-26-20;/h17-18H,5-16H2,1-4H3,(H2,21,22,23);1H. The van der Waals surface area contributed by atoms with Crippen molar-refractivity contribution in [2.45, 2.75) is 65.0 Å². The SMILES string of the molecule is CCNC(=NCC1(C)CCCO1)NCC(C(CC)CC)N1CCOCC1.I. The van der Waals surface area contributed by atoms with E-state index in [9.17, 15) is 0 Å². The van der Waals surface area contributed by atoms with E-state index in [0.29, 0.717) is 12.0 Å². The second-order valence-corrected chi connectivity index (χ2v) is 7.77. The van der Waals surface area contributed by atoms with Gasteiger partial charge in [-0.25, -0.2) is 0 Å². The Bertz CT molecular complexity index is 420. The number of rotatable bonds is 9. The minimum atomic E-state index is -0.0959. The van der Waals surface area contributed by atoms with Crippen molar-refractivity contribution in [3.05, 3.63) is 0 Å². The number of nitrogens with one attached hydrogen (secondary N) is 2. The van der Waals surface area contributed by atoms with E-state index in [0.717, 1.165) is 71.3 Å². The fraction of sp³-hybridized carbons (Fsp3) is 0.950. The van der Waals surface area contributed by atoms with Crippen LogP contribution < -0.4 is 10.6 Å². The van der Waals surface area contributed by atoms with Gasteiger partial charge in [-0.3, -0.25) is 9.89 Å². The molecule has 2 aliphatic heterocycles. The molecule has 2 heterocycles. The Hall–Kier alpha value is -0.120. The summed E-state index contributed by atoms with van der Waals surface area (Å²) in [5, 5.41) is 7.01. The predicted molar refractivity (Wildman–Crippen MR) is 123 cm³/mol. The molecule has 0 spiro atoms. The second kappa shape index (κ2) is 13.2. The molecule has 0 aromatic heterocycles. The molecule has 2 aliphatic rings. The van der Waals surface area contributed by atoms with Crippen LogP contribution >= 0.6 is 24.0 Å². The number of guanidine groups is 1. The van der Waals surface area contributed by atoms with Crippen LogP contribution in [0.1, 0.15) is 53.4 Å². The molecule has 160 valence electrons. The molecular weight excluding hydrogens is 455 g/mol. The van der Waals surface area contributed by atoms with Crippen molar-refractivity contribution in [1.82, 2.24) is 15.5 Å². The van der Waals surface area contributed by atoms with Gasteiger partial charge in [0.25, 0.3) is 0 Å². The molecular formula is C20H41IN4O2. The molecule has 6 nitrogen and oxygen atoms in total. The summed E-state index contributed by atoms with van der Waals surface area (Å²) in [6, 6.07) is 0.524. The molecule has 0 aromatic carbocycles. The number of hydrogen-bond acceptors (Lipinski definition) is 4. The van der Waals surface area contributed by atoms with Crippen LogP contribution in [0.15, 0.2) is 4.99 Å². The summed E-state index contributed by atoms with van der Waals surface area (Å²) in [5.41, 5.74) is -0.0959. The van der Waals surface area contributed by atoms with Gasteiger partial charge in [0.05, 0.1) is 25.4 Å². The maximum atomic E-state index is 5.88. The fourth-order valence-corrected chi connectivity index (χ4v) is 4.09. The van der Waals surface area contributed by atoms with E-state index < -0.39 is 0 Å². The molecule has 2 N–H and O–H groups in total. The highest BCUT2D eigenvalue weighted by Crippen LogP contribution is 2.25. The molecule has 2 atom stereocenters. The van der Waals surface area contributed by atoms with Crippen molar-refractivity contribution in [3.63, 3.8) is 0 Å². The first-order valence-electron chi connectivity index (χ1n) is 10.6. The number of morpholine rings is 1. The van der Waals surface area contributed by atoms with Gasteiger partial charge < -0.3 is 20.1 Å².